The van der Waals surface area contributed by atoms with Crippen molar-refractivity contribution in [3.63, 3.8) is 0 Å². The highest BCUT2D eigenvalue weighted by Crippen LogP contribution is 2.25. The Labute approximate surface area is 96.2 Å². The molecule has 2 aromatic rings. The molecular formula is C11H8FN3S. The summed E-state index contributed by atoms with van der Waals surface area (Å²) >= 11 is 1.28. The molecule has 1 heterocycles. The Hall–Kier alpha value is -1.93. The maximum Gasteiger partial charge on any atom is 0.159 e. The second-order valence-corrected chi connectivity index (χ2v) is 4.33. The van der Waals surface area contributed by atoms with Crippen molar-refractivity contribution < 1.29 is 4.39 Å². The van der Waals surface area contributed by atoms with Crippen LogP contribution in [-0.4, -0.2) is 4.98 Å². The van der Waals surface area contributed by atoms with E-state index in [2.05, 4.69) is 10.3 Å². The summed E-state index contributed by atoms with van der Waals surface area (Å²) in [7, 11) is 0. The summed E-state index contributed by atoms with van der Waals surface area (Å²) in [5.41, 5.74) is 0.323. The normalized spacial score (nSPS) is 9.81. The van der Waals surface area contributed by atoms with Crippen LogP contribution < -0.4 is 5.32 Å². The zero-order chi connectivity index (χ0) is 11.5. The van der Waals surface area contributed by atoms with Crippen molar-refractivity contribution in [2.24, 2.45) is 0 Å². The van der Waals surface area contributed by atoms with Gasteiger partial charge in [0, 0.05) is 0 Å². The SMILES string of the molecule is Cc1nc(Nc2ccccc2F)c(C#N)s1. The van der Waals surface area contributed by atoms with Crippen LogP contribution in [0.5, 0.6) is 0 Å². The lowest BCUT2D eigenvalue weighted by Gasteiger charge is -2.03. The number of thiazole rings is 1. The molecule has 0 spiro atoms. The standard InChI is InChI=1S/C11H8FN3S/c1-7-14-11(10(6-13)16-7)15-9-5-3-2-4-8(9)12/h2-5,15H,1H3. The van der Waals surface area contributed by atoms with Gasteiger partial charge in [-0.1, -0.05) is 12.1 Å². The molecule has 0 aliphatic heterocycles. The molecule has 16 heavy (non-hydrogen) atoms. The molecule has 80 valence electrons. The Kier molecular flexibility index (Phi) is 2.84. The smallest absolute Gasteiger partial charge is 0.159 e. The lowest BCUT2D eigenvalue weighted by molar-refractivity contribution is 0.632. The maximum absolute atomic E-state index is 13.3. The molecule has 0 saturated heterocycles. The minimum atomic E-state index is -0.364. The molecule has 5 heteroatoms. The van der Waals surface area contributed by atoms with Crippen molar-refractivity contribution in [2.75, 3.05) is 5.32 Å². The fraction of sp³-hybridized carbons (Fsp3) is 0.0909. The van der Waals surface area contributed by atoms with Crippen LogP contribution in [0.3, 0.4) is 0 Å². The lowest BCUT2D eigenvalue weighted by atomic mass is 10.3. The number of nitrogens with zero attached hydrogens (tertiary/aromatic N) is 2. The van der Waals surface area contributed by atoms with Crippen molar-refractivity contribution in [3.05, 3.63) is 40.0 Å². The van der Waals surface area contributed by atoms with E-state index in [0.29, 0.717) is 16.4 Å². The molecule has 0 unspecified atom stereocenters. The summed E-state index contributed by atoms with van der Waals surface area (Å²) in [6, 6.07) is 8.31. The number of nitriles is 1. The van der Waals surface area contributed by atoms with E-state index in [4.69, 9.17) is 5.26 Å². The van der Waals surface area contributed by atoms with E-state index in [9.17, 15) is 4.39 Å². The molecule has 0 atom stereocenters. The Morgan fingerprint density at radius 2 is 2.19 bits per heavy atom. The summed E-state index contributed by atoms with van der Waals surface area (Å²) in [5.74, 6) is 0.0483. The zero-order valence-corrected chi connectivity index (χ0v) is 9.31. The molecule has 1 aromatic carbocycles. The fourth-order valence-electron chi connectivity index (χ4n) is 1.28. The first-order chi connectivity index (χ1) is 7.70. The van der Waals surface area contributed by atoms with Crippen LogP contribution in [0, 0.1) is 24.1 Å². The third kappa shape index (κ3) is 2.02. The van der Waals surface area contributed by atoms with Crippen molar-refractivity contribution in [1.82, 2.24) is 4.98 Å². The average molecular weight is 233 g/mol. The van der Waals surface area contributed by atoms with Gasteiger partial charge in [0.2, 0.25) is 0 Å². The van der Waals surface area contributed by atoms with Crippen molar-refractivity contribution >= 4 is 22.8 Å². The van der Waals surface area contributed by atoms with Gasteiger partial charge in [-0.15, -0.1) is 11.3 Å². The zero-order valence-electron chi connectivity index (χ0n) is 8.49. The number of nitrogens with one attached hydrogen (secondary N) is 1. The second-order valence-electron chi connectivity index (χ2n) is 3.13. The van der Waals surface area contributed by atoms with E-state index in [1.165, 1.54) is 17.4 Å². The first-order valence-electron chi connectivity index (χ1n) is 4.60. The predicted octanol–water partition coefficient (Wildman–Crippen LogP) is 3.21. The molecule has 1 N–H and O–H groups in total. The number of anilines is 2. The van der Waals surface area contributed by atoms with E-state index in [-0.39, 0.29) is 5.82 Å². The topological polar surface area (TPSA) is 48.7 Å². The highest BCUT2D eigenvalue weighted by molar-refractivity contribution is 7.12. The minimum absolute atomic E-state index is 0.323. The molecule has 0 bridgehead atoms. The summed E-state index contributed by atoms with van der Waals surface area (Å²) in [5, 5.41) is 12.5. The van der Waals surface area contributed by atoms with Gasteiger partial charge in [-0.2, -0.15) is 5.26 Å². The fourth-order valence-corrected chi connectivity index (χ4v) is 1.95. The van der Waals surface area contributed by atoms with Crippen molar-refractivity contribution in [3.8, 4) is 6.07 Å². The van der Waals surface area contributed by atoms with Crippen LogP contribution in [0.4, 0.5) is 15.9 Å². The van der Waals surface area contributed by atoms with Gasteiger partial charge in [0.25, 0.3) is 0 Å². The number of rotatable bonds is 2. The molecule has 1 aromatic heterocycles. The summed E-state index contributed by atoms with van der Waals surface area (Å²) in [6.07, 6.45) is 0. The number of halogens is 1. The van der Waals surface area contributed by atoms with Gasteiger partial charge in [-0.05, 0) is 19.1 Å². The van der Waals surface area contributed by atoms with Gasteiger partial charge < -0.3 is 5.32 Å². The third-order valence-corrected chi connectivity index (χ3v) is 2.84. The van der Waals surface area contributed by atoms with Crippen LogP contribution in [-0.2, 0) is 0 Å². The van der Waals surface area contributed by atoms with Gasteiger partial charge in [-0.25, -0.2) is 9.37 Å². The quantitative estimate of drug-likeness (QED) is 0.866. The Bertz CT molecular complexity index is 557. The first kappa shape index (κ1) is 10.6. The first-order valence-corrected chi connectivity index (χ1v) is 5.41. The largest absolute Gasteiger partial charge is 0.336 e. The average Bonchev–Trinajstić information content (AvgIpc) is 2.62. The second kappa shape index (κ2) is 4.29. The maximum atomic E-state index is 13.3. The molecule has 3 nitrogen and oxygen atoms in total. The molecule has 0 aliphatic carbocycles. The summed E-state index contributed by atoms with van der Waals surface area (Å²) in [6.45, 7) is 1.80. The number of aromatic nitrogens is 1. The lowest BCUT2D eigenvalue weighted by Crippen LogP contribution is -1.95. The number of para-hydroxylation sites is 1. The van der Waals surface area contributed by atoms with E-state index >= 15 is 0 Å². The van der Waals surface area contributed by atoms with E-state index in [0.717, 1.165) is 5.01 Å². The molecule has 0 saturated carbocycles. The molecule has 2 rings (SSSR count). The van der Waals surface area contributed by atoms with Crippen LogP contribution in [0.15, 0.2) is 24.3 Å². The molecule has 0 amide bonds. The van der Waals surface area contributed by atoms with Crippen LogP contribution in [0.1, 0.15) is 9.88 Å². The van der Waals surface area contributed by atoms with Gasteiger partial charge in [-0.3, -0.25) is 0 Å². The molecule has 0 fully saturated rings. The summed E-state index contributed by atoms with van der Waals surface area (Å²) < 4.78 is 13.3. The number of aryl methyl sites for hydroxylation is 1. The molecule has 0 aliphatic rings. The monoisotopic (exact) mass is 233 g/mol. The number of hydrogen-bond acceptors (Lipinski definition) is 4. The van der Waals surface area contributed by atoms with E-state index in [1.807, 2.05) is 6.07 Å². The van der Waals surface area contributed by atoms with Crippen LogP contribution >= 0.6 is 11.3 Å². The number of benzene rings is 1. The highest BCUT2D eigenvalue weighted by atomic mass is 32.1. The van der Waals surface area contributed by atoms with Crippen molar-refractivity contribution in [1.29, 1.82) is 5.26 Å². The van der Waals surface area contributed by atoms with E-state index in [1.54, 1.807) is 25.1 Å². The van der Waals surface area contributed by atoms with Gasteiger partial charge in [0.1, 0.15) is 16.8 Å². The third-order valence-electron chi connectivity index (χ3n) is 1.96. The molecular weight excluding hydrogens is 225 g/mol. The van der Waals surface area contributed by atoms with Crippen LogP contribution in [0.2, 0.25) is 0 Å². The predicted molar refractivity (Wildman–Crippen MR) is 61.2 cm³/mol. The van der Waals surface area contributed by atoms with Gasteiger partial charge >= 0.3 is 0 Å². The van der Waals surface area contributed by atoms with E-state index < -0.39 is 0 Å². The minimum Gasteiger partial charge on any atom is -0.336 e. The van der Waals surface area contributed by atoms with Crippen molar-refractivity contribution in [2.45, 2.75) is 6.92 Å². The Balaban J connectivity index is 2.35. The Morgan fingerprint density at radius 1 is 1.44 bits per heavy atom. The number of hydrogen-bond donors (Lipinski definition) is 1. The van der Waals surface area contributed by atoms with Gasteiger partial charge in [0.05, 0.1) is 10.7 Å². The molecule has 0 radical (unpaired) electrons. The van der Waals surface area contributed by atoms with Gasteiger partial charge in [0.15, 0.2) is 5.82 Å². The van der Waals surface area contributed by atoms with Crippen LogP contribution in [0.25, 0.3) is 0 Å². The summed E-state index contributed by atoms with van der Waals surface area (Å²) in [4.78, 5) is 4.60. The Morgan fingerprint density at radius 3 is 2.88 bits per heavy atom. The highest BCUT2D eigenvalue weighted by Gasteiger charge is 2.10.